The molecule has 1 aromatic carbocycles. The van der Waals surface area contributed by atoms with Crippen LogP contribution in [0.25, 0.3) is 0 Å². The fourth-order valence-electron chi connectivity index (χ4n) is 3.97. The van der Waals surface area contributed by atoms with Gasteiger partial charge in [0.05, 0.1) is 6.04 Å². The number of carbonyl (C=O) groups is 3. The summed E-state index contributed by atoms with van der Waals surface area (Å²) in [5, 5.41) is 17.5. The molecule has 3 atom stereocenters. The normalized spacial score (nSPS) is 20.6. The van der Waals surface area contributed by atoms with Crippen molar-refractivity contribution in [2.75, 3.05) is 20.1 Å². The number of carbonyl (C=O) groups excluding carboxylic acids is 1. The number of halogens is 6. The molecule has 196 valence electrons. The maximum Gasteiger partial charge on any atom is 0.490 e. The molecule has 1 saturated heterocycles. The van der Waals surface area contributed by atoms with Crippen molar-refractivity contribution in [1.82, 2.24) is 15.2 Å². The van der Waals surface area contributed by atoms with Gasteiger partial charge in [-0.3, -0.25) is 9.78 Å². The third-order valence-corrected chi connectivity index (χ3v) is 5.42. The molecule has 8 nitrogen and oxygen atoms in total. The third kappa shape index (κ3) is 7.41. The van der Waals surface area contributed by atoms with E-state index in [9.17, 15) is 31.1 Å². The molecule has 1 aliphatic carbocycles. The number of hydrogen-bond donors (Lipinski definition) is 3. The molecule has 2 heterocycles. The number of nitrogens with one attached hydrogen (secondary N) is 1. The van der Waals surface area contributed by atoms with E-state index in [4.69, 9.17) is 19.8 Å². The SMILES string of the molecule is CN1C[C@@H]2[C@H](NC(=O)c3ccncc3)c3ccccc3[C@@H]2C1.O=C(O)C(F)(F)F.O=C(O)C(F)(F)F. The summed E-state index contributed by atoms with van der Waals surface area (Å²) in [7, 11) is 2.16. The number of likely N-dealkylation sites (N-methyl/N-ethyl adjacent to an activating group) is 1. The first-order chi connectivity index (χ1) is 16.6. The van der Waals surface area contributed by atoms with Gasteiger partial charge in [-0.2, -0.15) is 26.3 Å². The van der Waals surface area contributed by atoms with Crippen LogP contribution in [-0.4, -0.2) is 70.4 Å². The van der Waals surface area contributed by atoms with Crippen molar-refractivity contribution in [2.45, 2.75) is 24.3 Å². The van der Waals surface area contributed by atoms with E-state index in [1.807, 2.05) is 0 Å². The first-order valence-corrected chi connectivity index (χ1v) is 10.2. The van der Waals surface area contributed by atoms with E-state index < -0.39 is 24.3 Å². The molecule has 1 amide bonds. The monoisotopic (exact) mass is 521 g/mol. The van der Waals surface area contributed by atoms with E-state index in [0.29, 0.717) is 17.4 Å². The second kappa shape index (κ2) is 11.4. The predicted octanol–water partition coefficient (Wildman–Crippen LogP) is 3.48. The average molecular weight is 521 g/mol. The van der Waals surface area contributed by atoms with Crippen LogP contribution in [0.5, 0.6) is 0 Å². The summed E-state index contributed by atoms with van der Waals surface area (Å²) in [6.45, 7) is 2.10. The van der Waals surface area contributed by atoms with Gasteiger partial charge in [0.1, 0.15) is 0 Å². The number of fused-ring (bicyclic) bond motifs is 3. The molecule has 0 spiro atoms. The number of likely N-dealkylation sites (tertiary alicyclic amines) is 1. The molecular formula is C22H21F6N3O5. The van der Waals surface area contributed by atoms with Crippen molar-refractivity contribution < 1.29 is 50.9 Å². The van der Waals surface area contributed by atoms with Crippen molar-refractivity contribution in [3.05, 3.63) is 65.5 Å². The van der Waals surface area contributed by atoms with Crippen LogP contribution in [0, 0.1) is 5.92 Å². The van der Waals surface area contributed by atoms with Crippen molar-refractivity contribution in [2.24, 2.45) is 5.92 Å². The molecule has 4 rings (SSSR count). The van der Waals surface area contributed by atoms with Crippen molar-refractivity contribution >= 4 is 17.8 Å². The van der Waals surface area contributed by atoms with Gasteiger partial charge in [0.15, 0.2) is 0 Å². The van der Waals surface area contributed by atoms with Gasteiger partial charge in [0.2, 0.25) is 0 Å². The van der Waals surface area contributed by atoms with Crippen molar-refractivity contribution in [3.8, 4) is 0 Å². The van der Waals surface area contributed by atoms with Crippen molar-refractivity contribution in [3.63, 3.8) is 0 Å². The highest BCUT2D eigenvalue weighted by molar-refractivity contribution is 5.94. The summed E-state index contributed by atoms with van der Waals surface area (Å²) in [4.78, 5) is 36.6. The zero-order chi connectivity index (χ0) is 27.3. The van der Waals surface area contributed by atoms with Crippen LogP contribution in [0.3, 0.4) is 0 Å². The van der Waals surface area contributed by atoms with Crippen molar-refractivity contribution in [1.29, 1.82) is 0 Å². The average Bonchev–Trinajstić information content (AvgIpc) is 3.30. The van der Waals surface area contributed by atoms with Crippen LogP contribution in [0.2, 0.25) is 0 Å². The van der Waals surface area contributed by atoms with Gasteiger partial charge in [-0.05, 0) is 30.3 Å². The minimum atomic E-state index is -5.08. The lowest BCUT2D eigenvalue weighted by Gasteiger charge is -2.21. The maximum absolute atomic E-state index is 12.5. The third-order valence-electron chi connectivity index (χ3n) is 5.42. The largest absolute Gasteiger partial charge is 0.490 e. The maximum atomic E-state index is 12.5. The number of aromatic nitrogens is 1. The number of nitrogens with zero attached hydrogens (tertiary/aromatic N) is 2. The summed E-state index contributed by atoms with van der Waals surface area (Å²) < 4.78 is 63.5. The highest BCUT2D eigenvalue weighted by Crippen LogP contribution is 2.48. The number of carboxylic acids is 2. The van der Waals surface area contributed by atoms with Gasteiger partial charge in [0, 0.05) is 42.9 Å². The Bertz CT molecular complexity index is 1050. The minimum absolute atomic E-state index is 0.0163. The second-order valence-electron chi connectivity index (χ2n) is 7.91. The van der Waals surface area contributed by atoms with Crippen LogP contribution in [0.4, 0.5) is 26.3 Å². The van der Waals surface area contributed by atoms with Crippen LogP contribution in [0.15, 0.2) is 48.8 Å². The van der Waals surface area contributed by atoms with Crippen LogP contribution >= 0.6 is 0 Å². The standard InChI is InChI=1S/C18H19N3O.2C2HF3O2/c1-21-10-15-13-4-2-3-5-14(13)17(16(15)11-21)20-18(22)12-6-8-19-9-7-12;2*3-2(4,5)1(6)7/h2-9,15-17H,10-11H2,1H3,(H,20,22);2*(H,6,7)/t15-,16-,17+;;/m0../s1. The Labute approximate surface area is 200 Å². The molecule has 14 heteroatoms. The number of alkyl halides is 6. The van der Waals surface area contributed by atoms with Gasteiger partial charge >= 0.3 is 24.3 Å². The second-order valence-corrected chi connectivity index (χ2v) is 7.91. The topological polar surface area (TPSA) is 120 Å². The Morgan fingerprint density at radius 2 is 1.36 bits per heavy atom. The molecule has 2 aromatic rings. The zero-order valence-electron chi connectivity index (χ0n) is 18.5. The van der Waals surface area contributed by atoms with E-state index in [-0.39, 0.29) is 11.9 Å². The molecule has 1 aliphatic heterocycles. The molecule has 0 saturated carbocycles. The first kappa shape index (κ1) is 28.6. The fraction of sp³-hybridized carbons (Fsp3) is 0.364. The molecule has 1 aromatic heterocycles. The van der Waals surface area contributed by atoms with Crippen LogP contribution in [0.1, 0.15) is 33.4 Å². The summed E-state index contributed by atoms with van der Waals surface area (Å²) in [5.74, 6) is -4.53. The van der Waals surface area contributed by atoms with Gasteiger partial charge in [0.25, 0.3) is 5.91 Å². The molecular weight excluding hydrogens is 500 g/mol. The number of pyridine rings is 1. The number of hydrogen-bond acceptors (Lipinski definition) is 5. The molecule has 1 fully saturated rings. The fourth-order valence-corrected chi connectivity index (χ4v) is 3.97. The summed E-state index contributed by atoms with van der Waals surface area (Å²) in [6, 6.07) is 12.2. The highest BCUT2D eigenvalue weighted by Gasteiger charge is 2.45. The van der Waals surface area contributed by atoms with E-state index in [1.54, 1.807) is 24.5 Å². The minimum Gasteiger partial charge on any atom is -0.475 e. The zero-order valence-corrected chi connectivity index (χ0v) is 18.5. The van der Waals surface area contributed by atoms with Gasteiger partial charge in [-0.15, -0.1) is 0 Å². The Balaban J connectivity index is 0.000000271. The van der Waals surface area contributed by atoms with Gasteiger partial charge < -0.3 is 20.4 Å². The Morgan fingerprint density at radius 3 is 1.83 bits per heavy atom. The van der Waals surface area contributed by atoms with Gasteiger partial charge in [-0.25, -0.2) is 9.59 Å². The van der Waals surface area contributed by atoms with E-state index in [2.05, 4.69) is 46.5 Å². The van der Waals surface area contributed by atoms with Gasteiger partial charge in [-0.1, -0.05) is 24.3 Å². The quantitative estimate of drug-likeness (QED) is 0.518. The predicted molar refractivity (Wildman–Crippen MR) is 112 cm³/mol. The van der Waals surface area contributed by atoms with E-state index in [1.165, 1.54) is 11.1 Å². The summed E-state index contributed by atoms with van der Waals surface area (Å²) in [6.07, 6.45) is -6.85. The molecule has 2 aliphatic rings. The number of carboxylic acid groups (broad SMARTS) is 2. The number of benzene rings is 1. The Kier molecular flexibility index (Phi) is 9.02. The molecule has 0 unspecified atom stereocenters. The molecule has 36 heavy (non-hydrogen) atoms. The highest BCUT2D eigenvalue weighted by atomic mass is 19.4. The summed E-state index contributed by atoms with van der Waals surface area (Å²) in [5.41, 5.74) is 3.35. The summed E-state index contributed by atoms with van der Waals surface area (Å²) >= 11 is 0. The van der Waals surface area contributed by atoms with E-state index in [0.717, 1.165) is 13.1 Å². The Morgan fingerprint density at radius 1 is 0.889 bits per heavy atom. The number of rotatable bonds is 2. The number of amides is 1. The smallest absolute Gasteiger partial charge is 0.475 e. The Hall–Kier alpha value is -3.68. The lowest BCUT2D eigenvalue weighted by Crippen LogP contribution is -2.33. The molecule has 0 radical (unpaired) electrons. The number of aliphatic carboxylic acids is 2. The van der Waals surface area contributed by atoms with Crippen LogP contribution < -0.4 is 5.32 Å². The molecule has 3 N–H and O–H groups in total. The molecule has 0 bridgehead atoms. The lowest BCUT2D eigenvalue weighted by molar-refractivity contribution is -0.193. The van der Waals surface area contributed by atoms with E-state index >= 15 is 0 Å². The van der Waals surface area contributed by atoms with Crippen LogP contribution in [-0.2, 0) is 9.59 Å². The first-order valence-electron chi connectivity index (χ1n) is 10.2. The lowest BCUT2D eigenvalue weighted by atomic mass is 9.94.